The number of pyridine rings is 1. The van der Waals surface area contributed by atoms with Crippen LogP contribution < -0.4 is 5.32 Å². The van der Waals surface area contributed by atoms with E-state index in [4.69, 9.17) is 4.98 Å². The van der Waals surface area contributed by atoms with E-state index in [2.05, 4.69) is 40.3 Å². The molecule has 19 heavy (non-hydrogen) atoms. The molecule has 0 spiro atoms. The van der Waals surface area contributed by atoms with Crippen molar-refractivity contribution in [2.75, 3.05) is 12.4 Å². The molecule has 2 aromatic rings. The predicted molar refractivity (Wildman–Crippen MR) is 85.0 cm³/mol. The minimum absolute atomic E-state index is 1.12. The molecule has 1 aromatic heterocycles. The Balaban J connectivity index is 2.36. The Bertz CT molecular complexity index is 634. The molecule has 0 fully saturated rings. The molecule has 100 valence electrons. The van der Waals surface area contributed by atoms with Crippen LogP contribution in [0, 0.1) is 6.92 Å². The molecule has 0 saturated carbocycles. The summed E-state index contributed by atoms with van der Waals surface area (Å²) < 4.78 is 1.14. The highest BCUT2D eigenvalue weighted by Crippen LogP contribution is 2.35. The molecule has 3 heteroatoms. The summed E-state index contributed by atoms with van der Waals surface area (Å²) in [6.45, 7) is 2.14. The summed E-state index contributed by atoms with van der Waals surface area (Å²) in [7, 11) is 2.03. The van der Waals surface area contributed by atoms with Crippen molar-refractivity contribution in [1.29, 1.82) is 0 Å². The molecule has 1 aliphatic rings. The quantitative estimate of drug-likeness (QED) is 0.776. The summed E-state index contributed by atoms with van der Waals surface area (Å²) in [5.74, 6) is 0. The molecule has 1 heterocycles. The fourth-order valence-electron chi connectivity index (χ4n) is 3.06. The van der Waals surface area contributed by atoms with Gasteiger partial charge in [0.15, 0.2) is 0 Å². The molecule has 2 nitrogen and oxygen atoms in total. The smallest absolute Gasteiger partial charge is 0.0766 e. The number of aryl methyl sites for hydroxylation is 2. The Morgan fingerprint density at radius 1 is 1.16 bits per heavy atom. The third-order valence-corrected chi connectivity index (χ3v) is 4.98. The van der Waals surface area contributed by atoms with E-state index in [9.17, 15) is 0 Å². The minimum Gasteiger partial charge on any atom is -0.387 e. The van der Waals surface area contributed by atoms with Crippen molar-refractivity contribution >= 4 is 32.5 Å². The van der Waals surface area contributed by atoms with Gasteiger partial charge < -0.3 is 5.32 Å². The number of nitrogens with zero attached hydrogens (tertiary/aromatic N) is 1. The third kappa shape index (κ3) is 2.14. The molecule has 3 rings (SSSR count). The zero-order valence-corrected chi connectivity index (χ0v) is 13.1. The molecule has 0 bridgehead atoms. The normalized spacial score (nSPS) is 15.1. The van der Waals surface area contributed by atoms with Crippen LogP contribution in [-0.4, -0.2) is 12.0 Å². The zero-order chi connectivity index (χ0) is 13.4. The number of hydrogen-bond donors (Lipinski definition) is 1. The van der Waals surface area contributed by atoms with Crippen LogP contribution in [0.2, 0.25) is 0 Å². The lowest BCUT2D eigenvalue weighted by molar-refractivity contribution is 0.709. The van der Waals surface area contributed by atoms with E-state index in [1.807, 2.05) is 7.05 Å². The maximum atomic E-state index is 4.97. The maximum Gasteiger partial charge on any atom is 0.0766 e. The zero-order valence-electron chi connectivity index (χ0n) is 11.5. The van der Waals surface area contributed by atoms with E-state index in [1.54, 1.807) is 0 Å². The molecular formula is C16H19BrN2. The number of anilines is 1. The molecule has 0 radical (unpaired) electrons. The van der Waals surface area contributed by atoms with Gasteiger partial charge >= 0.3 is 0 Å². The lowest BCUT2D eigenvalue weighted by Gasteiger charge is -2.16. The van der Waals surface area contributed by atoms with Crippen LogP contribution in [0.3, 0.4) is 0 Å². The van der Waals surface area contributed by atoms with Crippen LogP contribution in [0.25, 0.3) is 10.9 Å². The Morgan fingerprint density at radius 2 is 1.95 bits per heavy atom. The van der Waals surface area contributed by atoms with Crippen molar-refractivity contribution in [2.45, 2.75) is 39.0 Å². The molecule has 0 saturated heterocycles. The Hall–Kier alpha value is -1.09. The third-order valence-electron chi connectivity index (χ3n) is 4.12. The summed E-state index contributed by atoms with van der Waals surface area (Å²) >= 11 is 3.61. The summed E-state index contributed by atoms with van der Waals surface area (Å²) in [6, 6.07) is 4.31. The fourth-order valence-corrected chi connectivity index (χ4v) is 3.38. The first-order valence-corrected chi connectivity index (χ1v) is 7.80. The average molecular weight is 319 g/mol. The van der Waals surface area contributed by atoms with Gasteiger partial charge in [0, 0.05) is 28.3 Å². The van der Waals surface area contributed by atoms with Gasteiger partial charge in [-0.1, -0.05) is 22.4 Å². The Labute approximate surface area is 122 Å². The monoisotopic (exact) mass is 318 g/mol. The van der Waals surface area contributed by atoms with Gasteiger partial charge in [0.2, 0.25) is 0 Å². The van der Waals surface area contributed by atoms with Gasteiger partial charge in [-0.2, -0.15) is 0 Å². The molecule has 1 aromatic carbocycles. The van der Waals surface area contributed by atoms with E-state index in [1.165, 1.54) is 47.2 Å². The summed E-state index contributed by atoms with van der Waals surface area (Å²) in [6.07, 6.45) is 6.14. The standard InChI is InChI=1S/C16H19BrN2/c1-10-13(17)9-8-12-15(10)19-14-7-5-3-4-6-11(14)16(12)18-2/h8-9H,3-7H2,1-2H3,(H,18,19). The summed E-state index contributed by atoms with van der Waals surface area (Å²) in [4.78, 5) is 4.97. The van der Waals surface area contributed by atoms with E-state index in [0.29, 0.717) is 0 Å². The van der Waals surface area contributed by atoms with Gasteiger partial charge in [0.25, 0.3) is 0 Å². The second-order valence-electron chi connectivity index (χ2n) is 5.29. The predicted octanol–water partition coefficient (Wildman–Crippen LogP) is 4.62. The van der Waals surface area contributed by atoms with Crippen LogP contribution in [0.4, 0.5) is 5.69 Å². The van der Waals surface area contributed by atoms with Crippen LogP contribution in [0.1, 0.15) is 36.1 Å². The summed E-state index contributed by atoms with van der Waals surface area (Å²) in [5.41, 5.74) is 6.41. The molecule has 0 amide bonds. The van der Waals surface area contributed by atoms with Crippen LogP contribution in [0.5, 0.6) is 0 Å². The maximum absolute atomic E-state index is 4.97. The van der Waals surface area contributed by atoms with Crippen LogP contribution in [-0.2, 0) is 12.8 Å². The van der Waals surface area contributed by atoms with E-state index in [-0.39, 0.29) is 0 Å². The van der Waals surface area contributed by atoms with Gasteiger partial charge in [-0.25, -0.2) is 0 Å². The number of benzene rings is 1. The van der Waals surface area contributed by atoms with Crippen molar-refractivity contribution in [3.8, 4) is 0 Å². The number of halogens is 1. The number of aromatic nitrogens is 1. The molecule has 0 unspecified atom stereocenters. The Kier molecular flexibility index (Phi) is 3.48. The number of rotatable bonds is 1. The van der Waals surface area contributed by atoms with Crippen LogP contribution in [0.15, 0.2) is 16.6 Å². The highest BCUT2D eigenvalue weighted by Gasteiger charge is 2.17. The van der Waals surface area contributed by atoms with Gasteiger partial charge in [0.05, 0.1) is 5.52 Å². The molecule has 0 atom stereocenters. The van der Waals surface area contributed by atoms with Crippen molar-refractivity contribution < 1.29 is 0 Å². The van der Waals surface area contributed by atoms with E-state index in [0.717, 1.165) is 22.8 Å². The topological polar surface area (TPSA) is 24.9 Å². The van der Waals surface area contributed by atoms with Gasteiger partial charge in [-0.05, 0) is 55.9 Å². The first kappa shape index (κ1) is 12.9. The first-order valence-electron chi connectivity index (χ1n) is 7.00. The molecule has 1 N–H and O–H groups in total. The lowest BCUT2D eigenvalue weighted by Crippen LogP contribution is -2.04. The SMILES string of the molecule is CNc1c2c(nc3c(C)c(Br)ccc13)CCCCC2. The van der Waals surface area contributed by atoms with Crippen molar-refractivity contribution in [3.05, 3.63) is 33.4 Å². The summed E-state index contributed by atoms with van der Waals surface area (Å²) in [5, 5.41) is 4.67. The minimum atomic E-state index is 1.12. The van der Waals surface area contributed by atoms with Crippen molar-refractivity contribution in [2.24, 2.45) is 0 Å². The largest absolute Gasteiger partial charge is 0.387 e. The fraction of sp³-hybridized carbons (Fsp3) is 0.438. The van der Waals surface area contributed by atoms with E-state index < -0.39 is 0 Å². The number of nitrogens with one attached hydrogen (secondary N) is 1. The van der Waals surface area contributed by atoms with Crippen molar-refractivity contribution in [3.63, 3.8) is 0 Å². The van der Waals surface area contributed by atoms with Gasteiger partial charge in [0.1, 0.15) is 0 Å². The lowest BCUT2D eigenvalue weighted by atomic mass is 10.0. The van der Waals surface area contributed by atoms with Gasteiger partial charge in [-0.3, -0.25) is 4.98 Å². The second-order valence-corrected chi connectivity index (χ2v) is 6.15. The van der Waals surface area contributed by atoms with Crippen molar-refractivity contribution in [1.82, 2.24) is 4.98 Å². The molecular weight excluding hydrogens is 300 g/mol. The molecule has 0 aliphatic heterocycles. The number of fused-ring (bicyclic) bond motifs is 2. The highest BCUT2D eigenvalue weighted by molar-refractivity contribution is 9.10. The van der Waals surface area contributed by atoms with E-state index >= 15 is 0 Å². The first-order chi connectivity index (χ1) is 9.22. The average Bonchev–Trinajstić information content (AvgIpc) is 2.66. The van der Waals surface area contributed by atoms with Crippen LogP contribution >= 0.6 is 15.9 Å². The number of hydrogen-bond acceptors (Lipinski definition) is 2. The van der Waals surface area contributed by atoms with Gasteiger partial charge in [-0.15, -0.1) is 0 Å². The Morgan fingerprint density at radius 3 is 2.74 bits per heavy atom. The molecule has 1 aliphatic carbocycles. The second kappa shape index (κ2) is 5.12. The highest BCUT2D eigenvalue weighted by atomic mass is 79.9.